The summed E-state index contributed by atoms with van der Waals surface area (Å²) in [5, 5.41) is 0.127. The molecule has 1 rings (SSSR count). The van der Waals surface area contributed by atoms with Crippen molar-refractivity contribution in [3.05, 3.63) is 17.5 Å². The summed E-state index contributed by atoms with van der Waals surface area (Å²) in [6.45, 7) is -0.475. The van der Waals surface area contributed by atoms with Gasteiger partial charge in [-0.25, -0.2) is 9.97 Å². The lowest BCUT2D eigenvalue weighted by atomic mass is 10.4. The average Bonchev–Trinajstić information content (AvgIpc) is 2.01. The fraction of sp³-hybridized carbons (Fsp3) is 0.429. The summed E-state index contributed by atoms with van der Waals surface area (Å²) >= 11 is 5.46. The molecule has 0 saturated carbocycles. The van der Waals surface area contributed by atoms with E-state index >= 15 is 0 Å². The van der Waals surface area contributed by atoms with Crippen molar-refractivity contribution in [2.45, 2.75) is 12.6 Å². The molecule has 3 nitrogen and oxygen atoms in total. The normalized spacial score (nSPS) is 11.4. The minimum Gasteiger partial charge on any atom is -0.477 e. The molecule has 1 aromatic rings. The molecule has 0 bridgehead atoms. The van der Waals surface area contributed by atoms with E-state index in [4.69, 9.17) is 16.3 Å². The van der Waals surface area contributed by atoms with Gasteiger partial charge < -0.3 is 4.74 Å². The SMILES string of the molecule is FC(F)(F)CCOc1cc(Cl)ncn1. The second-order valence-electron chi connectivity index (χ2n) is 2.39. The maximum Gasteiger partial charge on any atom is 0.392 e. The van der Waals surface area contributed by atoms with Crippen LogP contribution in [0.2, 0.25) is 5.15 Å². The third-order valence-electron chi connectivity index (χ3n) is 1.24. The molecule has 0 radical (unpaired) electrons. The summed E-state index contributed by atoms with van der Waals surface area (Å²) in [6.07, 6.45) is -4.13. The molecule has 1 aromatic heterocycles. The molecule has 0 aliphatic carbocycles. The van der Waals surface area contributed by atoms with Crippen LogP contribution in [0.15, 0.2) is 12.4 Å². The highest BCUT2D eigenvalue weighted by atomic mass is 35.5. The number of ether oxygens (including phenoxy) is 1. The smallest absolute Gasteiger partial charge is 0.392 e. The van der Waals surface area contributed by atoms with E-state index in [9.17, 15) is 13.2 Å². The lowest BCUT2D eigenvalue weighted by Crippen LogP contribution is -2.13. The quantitative estimate of drug-likeness (QED) is 0.743. The predicted molar refractivity (Wildman–Crippen MR) is 43.2 cm³/mol. The zero-order valence-electron chi connectivity index (χ0n) is 6.88. The number of halogens is 4. The van der Waals surface area contributed by atoms with Crippen molar-refractivity contribution in [3.63, 3.8) is 0 Å². The number of alkyl halides is 3. The summed E-state index contributed by atoms with van der Waals surface area (Å²) in [5.41, 5.74) is 0. The van der Waals surface area contributed by atoms with Gasteiger partial charge in [0.25, 0.3) is 0 Å². The number of nitrogens with zero attached hydrogens (tertiary/aromatic N) is 2. The Morgan fingerprint density at radius 2 is 2.07 bits per heavy atom. The van der Waals surface area contributed by atoms with Crippen molar-refractivity contribution < 1.29 is 17.9 Å². The Bertz CT molecular complexity index is 305. The molecule has 0 amide bonds. The van der Waals surface area contributed by atoms with Crippen LogP contribution < -0.4 is 4.74 Å². The Labute approximate surface area is 82.9 Å². The van der Waals surface area contributed by atoms with Crippen LogP contribution >= 0.6 is 11.6 Å². The largest absolute Gasteiger partial charge is 0.477 e. The van der Waals surface area contributed by atoms with Crippen LogP contribution in [0.1, 0.15) is 6.42 Å². The molecule has 0 spiro atoms. The molecule has 78 valence electrons. The molecule has 0 aliphatic rings. The molecular formula is C7H6ClF3N2O. The van der Waals surface area contributed by atoms with Gasteiger partial charge in [-0.2, -0.15) is 13.2 Å². The van der Waals surface area contributed by atoms with Crippen molar-refractivity contribution >= 4 is 11.6 Å². The fourth-order valence-corrected chi connectivity index (χ4v) is 0.805. The molecule has 0 atom stereocenters. The van der Waals surface area contributed by atoms with E-state index in [1.807, 2.05) is 0 Å². The minimum absolute atomic E-state index is 0.0363. The number of rotatable bonds is 3. The molecule has 0 unspecified atom stereocenters. The van der Waals surface area contributed by atoms with Gasteiger partial charge in [0.2, 0.25) is 5.88 Å². The molecule has 0 N–H and O–H groups in total. The first-order valence-electron chi connectivity index (χ1n) is 3.64. The van der Waals surface area contributed by atoms with Crippen molar-refractivity contribution in [3.8, 4) is 5.88 Å². The van der Waals surface area contributed by atoms with Gasteiger partial charge in [0.05, 0.1) is 13.0 Å². The summed E-state index contributed by atoms with van der Waals surface area (Å²) in [4.78, 5) is 7.12. The van der Waals surface area contributed by atoms with Crippen LogP contribution in [0.3, 0.4) is 0 Å². The standard InChI is InChI=1S/C7H6ClF3N2O/c8-5-3-6(13-4-12-5)14-2-1-7(9,10)11/h3-4H,1-2H2. The highest BCUT2D eigenvalue weighted by Gasteiger charge is 2.26. The van der Waals surface area contributed by atoms with Gasteiger partial charge >= 0.3 is 6.18 Å². The highest BCUT2D eigenvalue weighted by Crippen LogP contribution is 2.20. The third-order valence-corrected chi connectivity index (χ3v) is 1.45. The Hall–Kier alpha value is -1.04. The monoisotopic (exact) mass is 226 g/mol. The van der Waals surface area contributed by atoms with E-state index in [1.165, 1.54) is 6.07 Å². The molecular weight excluding hydrogens is 221 g/mol. The zero-order chi connectivity index (χ0) is 10.6. The Kier molecular flexibility index (Phi) is 3.51. The predicted octanol–water partition coefficient (Wildman–Crippen LogP) is 2.46. The topological polar surface area (TPSA) is 35.0 Å². The molecule has 0 aliphatic heterocycles. The van der Waals surface area contributed by atoms with Crippen LogP contribution in [0.5, 0.6) is 5.88 Å². The third kappa shape index (κ3) is 4.27. The zero-order valence-corrected chi connectivity index (χ0v) is 7.64. The molecule has 7 heteroatoms. The summed E-state index contributed by atoms with van der Waals surface area (Å²) in [6, 6.07) is 1.25. The van der Waals surface area contributed by atoms with Crippen molar-refractivity contribution in [2.24, 2.45) is 0 Å². The van der Waals surface area contributed by atoms with Crippen molar-refractivity contribution in [1.82, 2.24) is 9.97 Å². The van der Waals surface area contributed by atoms with Crippen LogP contribution in [-0.2, 0) is 0 Å². The van der Waals surface area contributed by atoms with Crippen LogP contribution in [0, 0.1) is 0 Å². The first-order chi connectivity index (χ1) is 6.47. The van der Waals surface area contributed by atoms with Gasteiger partial charge in [0.15, 0.2) is 0 Å². The van der Waals surface area contributed by atoms with Gasteiger partial charge in [-0.15, -0.1) is 0 Å². The first kappa shape index (κ1) is 11.0. The average molecular weight is 227 g/mol. The Balaban J connectivity index is 2.39. The second kappa shape index (κ2) is 4.45. The highest BCUT2D eigenvalue weighted by molar-refractivity contribution is 6.29. The van der Waals surface area contributed by atoms with Gasteiger partial charge in [-0.1, -0.05) is 11.6 Å². The Morgan fingerprint density at radius 1 is 1.36 bits per heavy atom. The first-order valence-corrected chi connectivity index (χ1v) is 4.02. The maximum absolute atomic E-state index is 11.7. The van der Waals surface area contributed by atoms with E-state index in [0.717, 1.165) is 6.33 Å². The summed E-state index contributed by atoms with van der Waals surface area (Å²) < 4.78 is 39.8. The number of hydrogen-bond donors (Lipinski definition) is 0. The Morgan fingerprint density at radius 3 is 2.64 bits per heavy atom. The number of hydrogen-bond acceptors (Lipinski definition) is 3. The summed E-state index contributed by atoms with van der Waals surface area (Å²) in [5.74, 6) is 0.0363. The van der Waals surface area contributed by atoms with Gasteiger partial charge in [-0.05, 0) is 0 Å². The molecule has 0 fully saturated rings. The minimum atomic E-state index is -4.23. The second-order valence-corrected chi connectivity index (χ2v) is 2.78. The van der Waals surface area contributed by atoms with Gasteiger partial charge in [-0.3, -0.25) is 0 Å². The molecule has 0 aromatic carbocycles. The molecule has 1 heterocycles. The van der Waals surface area contributed by atoms with E-state index in [-0.39, 0.29) is 11.0 Å². The molecule has 0 saturated heterocycles. The van der Waals surface area contributed by atoms with E-state index in [0.29, 0.717) is 0 Å². The van der Waals surface area contributed by atoms with E-state index in [2.05, 4.69) is 9.97 Å². The van der Waals surface area contributed by atoms with Gasteiger partial charge in [0, 0.05) is 6.07 Å². The maximum atomic E-state index is 11.7. The summed E-state index contributed by atoms with van der Waals surface area (Å²) in [7, 11) is 0. The van der Waals surface area contributed by atoms with Gasteiger partial charge in [0.1, 0.15) is 11.5 Å². The van der Waals surface area contributed by atoms with Crippen LogP contribution in [-0.4, -0.2) is 22.8 Å². The van der Waals surface area contributed by atoms with Crippen LogP contribution in [0.4, 0.5) is 13.2 Å². The lowest BCUT2D eigenvalue weighted by molar-refractivity contribution is -0.139. The van der Waals surface area contributed by atoms with E-state index in [1.54, 1.807) is 0 Å². The fourth-order valence-electron chi connectivity index (χ4n) is 0.668. The van der Waals surface area contributed by atoms with E-state index < -0.39 is 19.2 Å². The van der Waals surface area contributed by atoms with Crippen molar-refractivity contribution in [1.29, 1.82) is 0 Å². The lowest BCUT2D eigenvalue weighted by Gasteiger charge is -2.07. The number of aromatic nitrogens is 2. The van der Waals surface area contributed by atoms with Crippen LogP contribution in [0.25, 0.3) is 0 Å². The van der Waals surface area contributed by atoms with Crippen molar-refractivity contribution in [2.75, 3.05) is 6.61 Å². The molecule has 14 heavy (non-hydrogen) atoms.